The molecule has 1 aliphatic carbocycles. The molecule has 130 valence electrons. The number of hydrogen-bond donors (Lipinski definition) is 1. The summed E-state index contributed by atoms with van der Waals surface area (Å²) < 4.78 is 5.13. The summed E-state index contributed by atoms with van der Waals surface area (Å²) in [5.41, 5.74) is 0.474. The summed E-state index contributed by atoms with van der Waals surface area (Å²) in [5.74, 6) is -0.957. The first-order valence-corrected chi connectivity index (χ1v) is 8.44. The predicted molar refractivity (Wildman–Crippen MR) is 89.6 cm³/mol. The first kappa shape index (κ1) is 16.8. The number of phenols is 1. The Morgan fingerprint density at radius 2 is 1.96 bits per heavy atom. The van der Waals surface area contributed by atoms with Crippen LogP contribution in [0.25, 0.3) is 0 Å². The van der Waals surface area contributed by atoms with Gasteiger partial charge in [-0.05, 0) is 42.2 Å². The van der Waals surface area contributed by atoms with Crippen molar-refractivity contribution in [2.24, 2.45) is 10.8 Å². The van der Waals surface area contributed by atoms with Gasteiger partial charge in [-0.25, -0.2) is 4.79 Å². The number of ether oxygens (including phenoxy) is 1. The minimum atomic E-state index is -0.671. The van der Waals surface area contributed by atoms with Crippen LogP contribution in [-0.2, 0) is 9.53 Å². The molecule has 1 aliphatic heterocycles. The minimum absolute atomic E-state index is 0.0820. The maximum atomic E-state index is 12.5. The molecule has 2 bridgehead atoms. The number of fused-ring (bicyclic) bond motifs is 2. The smallest absolute Gasteiger partial charge is 0.342 e. The molecule has 1 heterocycles. The van der Waals surface area contributed by atoms with Crippen molar-refractivity contribution in [3.63, 3.8) is 0 Å². The zero-order chi connectivity index (χ0) is 17.5. The van der Waals surface area contributed by atoms with Crippen LogP contribution in [-0.4, -0.2) is 41.1 Å². The van der Waals surface area contributed by atoms with Crippen molar-refractivity contribution in [3.05, 3.63) is 29.8 Å². The summed E-state index contributed by atoms with van der Waals surface area (Å²) in [4.78, 5) is 26.5. The molecule has 5 heteroatoms. The highest BCUT2D eigenvalue weighted by Gasteiger charge is 2.50. The summed E-state index contributed by atoms with van der Waals surface area (Å²) in [5, 5.41) is 9.68. The van der Waals surface area contributed by atoms with Crippen LogP contribution in [0.3, 0.4) is 0 Å². The highest BCUT2D eigenvalue weighted by molar-refractivity contribution is 5.93. The zero-order valence-corrected chi connectivity index (χ0v) is 14.5. The van der Waals surface area contributed by atoms with Gasteiger partial charge in [0.15, 0.2) is 6.61 Å². The van der Waals surface area contributed by atoms with Gasteiger partial charge in [0.2, 0.25) is 0 Å². The number of esters is 1. The third-order valence-electron chi connectivity index (χ3n) is 5.19. The molecule has 1 amide bonds. The number of hydrogen-bond acceptors (Lipinski definition) is 4. The third-order valence-corrected chi connectivity index (χ3v) is 5.19. The molecule has 3 rings (SSSR count). The Labute approximate surface area is 142 Å². The van der Waals surface area contributed by atoms with Crippen LogP contribution < -0.4 is 0 Å². The number of aromatic hydroxyl groups is 1. The van der Waals surface area contributed by atoms with Gasteiger partial charge in [-0.1, -0.05) is 32.9 Å². The van der Waals surface area contributed by atoms with Gasteiger partial charge in [0.05, 0.1) is 0 Å². The normalized spacial score (nSPS) is 27.8. The molecule has 1 aromatic rings. The highest BCUT2D eigenvalue weighted by Crippen LogP contribution is 2.52. The van der Waals surface area contributed by atoms with Crippen molar-refractivity contribution in [2.45, 2.75) is 46.1 Å². The second-order valence-corrected chi connectivity index (χ2v) is 8.33. The molecule has 2 fully saturated rings. The van der Waals surface area contributed by atoms with Crippen molar-refractivity contribution in [1.29, 1.82) is 0 Å². The highest BCUT2D eigenvalue weighted by atomic mass is 16.5. The largest absolute Gasteiger partial charge is 0.507 e. The molecule has 24 heavy (non-hydrogen) atoms. The molecule has 2 atom stereocenters. The zero-order valence-electron chi connectivity index (χ0n) is 14.5. The molecule has 1 N–H and O–H groups in total. The van der Waals surface area contributed by atoms with Crippen LogP contribution in [0.1, 0.15) is 50.4 Å². The maximum Gasteiger partial charge on any atom is 0.342 e. The molecular weight excluding hydrogens is 306 g/mol. The van der Waals surface area contributed by atoms with Crippen molar-refractivity contribution in [3.8, 4) is 5.75 Å². The van der Waals surface area contributed by atoms with Crippen LogP contribution in [0.4, 0.5) is 0 Å². The van der Waals surface area contributed by atoms with Crippen molar-refractivity contribution in [1.82, 2.24) is 4.90 Å². The Balaban J connectivity index is 1.62. The Morgan fingerprint density at radius 1 is 1.25 bits per heavy atom. The molecule has 0 unspecified atom stereocenters. The first-order chi connectivity index (χ1) is 11.2. The average Bonchev–Trinajstić information content (AvgIpc) is 2.74. The fraction of sp³-hybridized carbons (Fsp3) is 0.579. The molecule has 1 saturated heterocycles. The lowest BCUT2D eigenvalue weighted by atomic mass is 9.65. The van der Waals surface area contributed by atoms with Gasteiger partial charge in [-0.15, -0.1) is 0 Å². The summed E-state index contributed by atoms with van der Waals surface area (Å²) in [6, 6.07) is 6.41. The van der Waals surface area contributed by atoms with Crippen LogP contribution >= 0.6 is 0 Å². The monoisotopic (exact) mass is 331 g/mol. The van der Waals surface area contributed by atoms with E-state index in [-0.39, 0.29) is 40.7 Å². The molecule has 5 nitrogen and oxygen atoms in total. The van der Waals surface area contributed by atoms with Gasteiger partial charge in [0, 0.05) is 12.6 Å². The van der Waals surface area contributed by atoms with E-state index in [0.29, 0.717) is 0 Å². The molecule has 1 saturated carbocycles. The van der Waals surface area contributed by atoms with Gasteiger partial charge in [-0.2, -0.15) is 0 Å². The Bertz CT molecular complexity index is 669. The maximum absolute atomic E-state index is 12.5. The van der Waals surface area contributed by atoms with Gasteiger partial charge < -0.3 is 14.7 Å². The lowest BCUT2D eigenvalue weighted by Crippen LogP contribution is -2.39. The summed E-state index contributed by atoms with van der Waals surface area (Å²) in [7, 11) is 0. The number of para-hydroxylation sites is 1. The van der Waals surface area contributed by atoms with E-state index in [2.05, 4.69) is 20.8 Å². The number of rotatable bonds is 3. The third kappa shape index (κ3) is 3.25. The fourth-order valence-electron chi connectivity index (χ4n) is 4.69. The number of carbonyl (C=O) groups excluding carboxylic acids is 2. The molecule has 2 aliphatic rings. The van der Waals surface area contributed by atoms with Gasteiger partial charge in [0.25, 0.3) is 5.91 Å². The lowest BCUT2D eigenvalue weighted by Gasteiger charge is -2.39. The fourth-order valence-corrected chi connectivity index (χ4v) is 4.69. The Kier molecular flexibility index (Phi) is 4.06. The lowest BCUT2D eigenvalue weighted by molar-refractivity contribution is -0.135. The molecule has 0 spiro atoms. The van der Waals surface area contributed by atoms with E-state index in [1.807, 2.05) is 4.90 Å². The summed E-state index contributed by atoms with van der Waals surface area (Å²) in [6.07, 6.45) is 3.12. The van der Waals surface area contributed by atoms with Gasteiger partial charge in [0.1, 0.15) is 11.3 Å². The number of carbonyl (C=O) groups is 2. The van der Waals surface area contributed by atoms with Crippen molar-refractivity contribution >= 4 is 11.9 Å². The van der Waals surface area contributed by atoms with E-state index >= 15 is 0 Å². The number of benzene rings is 1. The van der Waals surface area contributed by atoms with Crippen molar-refractivity contribution in [2.75, 3.05) is 13.2 Å². The minimum Gasteiger partial charge on any atom is -0.507 e. The van der Waals surface area contributed by atoms with Crippen LogP contribution in [0.15, 0.2) is 24.3 Å². The first-order valence-electron chi connectivity index (χ1n) is 8.44. The SMILES string of the molecule is CC1(C)C[C@H]2C[C@](C)(CN2C(=O)COC(=O)c2ccccc2O)C1. The van der Waals surface area contributed by atoms with Crippen LogP contribution in [0.5, 0.6) is 5.75 Å². The standard InChI is InChI=1S/C19H25NO4/c1-18(2)8-13-9-19(3,11-18)12-20(13)16(22)10-24-17(23)14-6-4-5-7-15(14)21/h4-7,13,21H,8-12H2,1-3H3/t13-,19-/m0/s1. The number of likely N-dealkylation sites (tertiary alicyclic amines) is 1. The second kappa shape index (κ2) is 5.80. The predicted octanol–water partition coefficient (Wildman–Crippen LogP) is 2.98. The summed E-state index contributed by atoms with van der Waals surface area (Å²) in [6.45, 7) is 7.20. The second-order valence-electron chi connectivity index (χ2n) is 8.33. The van der Waals surface area contributed by atoms with Crippen LogP contribution in [0, 0.1) is 10.8 Å². The Hall–Kier alpha value is -2.04. The number of phenolic OH excluding ortho intramolecular Hbond substituents is 1. The molecule has 1 aromatic carbocycles. The molecule has 0 radical (unpaired) electrons. The summed E-state index contributed by atoms with van der Waals surface area (Å²) >= 11 is 0. The van der Waals surface area contributed by atoms with Crippen molar-refractivity contribution < 1.29 is 19.4 Å². The Morgan fingerprint density at radius 3 is 2.67 bits per heavy atom. The van der Waals surface area contributed by atoms with Gasteiger partial charge in [-0.3, -0.25) is 4.79 Å². The number of nitrogens with zero attached hydrogens (tertiary/aromatic N) is 1. The van der Waals surface area contributed by atoms with E-state index in [9.17, 15) is 14.7 Å². The average molecular weight is 331 g/mol. The number of amides is 1. The molecular formula is C19H25NO4. The van der Waals surface area contributed by atoms with E-state index in [1.54, 1.807) is 12.1 Å². The topological polar surface area (TPSA) is 66.8 Å². The van der Waals surface area contributed by atoms with E-state index in [4.69, 9.17) is 4.74 Å². The van der Waals surface area contributed by atoms with E-state index < -0.39 is 5.97 Å². The van der Waals surface area contributed by atoms with Gasteiger partial charge >= 0.3 is 5.97 Å². The molecule has 0 aromatic heterocycles. The quantitative estimate of drug-likeness (QED) is 0.865. The van der Waals surface area contributed by atoms with E-state index in [0.717, 1.165) is 25.8 Å². The van der Waals surface area contributed by atoms with E-state index in [1.165, 1.54) is 12.1 Å². The van der Waals surface area contributed by atoms with Crippen LogP contribution in [0.2, 0.25) is 0 Å².